The number of aromatic nitrogens is 2. The Morgan fingerprint density at radius 1 is 1.43 bits per heavy atom. The second-order valence-electron chi connectivity index (χ2n) is 4.37. The van der Waals surface area contributed by atoms with E-state index in [9.17, 15) is 22.9 Å². The number of benzene rings is 1. The third-order valence-electron chi connectivity index (χ3n) is 2.75. The van der Waals surface area contributed by atoms with E-state index in [-0.39, 0.29) is 17.3 Å². The predicted molar refractivity (Wildman–Crippen MR) is 70.5 cm³/mol. The molecule has 0 aliphatic heterocycles. The van der Waals surface area contributed by atoms with Crippen molar-refractivity contribution in [3.63, 3.8) is 0 Å². The molecule has 1 aromatic carbocycles. The van der Waals surface area contributed by atoms with E-state index in [1.54, 1.807) is 6.92 Å². The number of nitro groups is 1. The number of nitrogens with zero attached hydrogens (tertiary/aromatic N) is 3. The molecular formula is C11H11FN4O4S. The number of imidazole rings is 1. The van der Waals surface area contributed by atoms with Crippen LogP contribution < -0.4 is 5.14 Å². The SMILES string of the molecule is Cc1nc(S(N)(=O)=O)cn1Cc1cc(F)cc([N+](=O)[O-])c1. The van der Waals surface area contributed by atoms with Gasteiger partial charge in [-0.2, -0.15) is 0 Å². The van der Waals surface area contributed by atoms with Gasteiger partial charge >= 0.3 is 0 Å². The molecule has 0 fully saturated rings. The summed E-state index contributed by atoms with van der Waals surface area (Å²) in [6.07, 6.45) is 1.20. The van der Waals surface area contributed by atoms with Gasteiger partial charge in [0.15, 0.2) is 5.03 Å². The van der Waals surface area contributed by atoms with Gasteiger partial charge in [-0.1, -0.05) is 0 Å². The number of rotatable bonds is 4. The minimum Gasteiger partial charge on any atom is -0.329 e. The van der Waals surface area contributed by atoms with Crippen LogP contribution in [0.2, 0.25) is 0 Å². The third-order valence-corrected chi connectivity index (χ3v) is 3.53. The molecular weight excluding hydrogens is 303 g/mol. The Bertz CT molecular complexity index is 816. The molecule has 0 saturated heterocycles. The van der Waals surface area contributed by atoms with Crippen molar-refractivity contribution < 1.29 is 17.7 Å². The second-order valence-corrected chi connectivity index (χ2v) is 5.88. The number of nitro benzene ring substituents is 1. The monoisotopic (exact) mass is 314 g/mol. The van der Waals surface area contributed by atoms with Gasteiger partial charge < -0.3 is 4.57 Å². The first kappa shape index (κ1) is 15.1. The van der Waals surface area contributed by atoms with Gasteiger partial charge in [-0.05, 0) is 18.6 Å². The maximum Gasteiger partial charge on any atom is 0.272 e. The van der Waals surface area contributed by atoms with Crippen LogP contribution in [0.25, 0.3) is 0 Å². The molecule has 1 aromatic heterocycles. The Kier molecular flexibility index (Phi) is 3.75. The molecule has 0 aliphatic carbocycles. The van der Waals surface area contributed by atoms with Gasteiger partial charge in [0.2, 0.25) is 0 Å². The quantitative estimate of drug-likeness (QED) is 0.664. The molecule has 0 atom stereocenters. The van der Waals surface area contributed by atoms with E-state index in [2.05, 4.69) is 4.98 Å². The summed E-state index contributed by atoms with van der Waals surface area (Å²) in [5, 5.41) is 15.3. The molecule has 1 heterocycles. The molecule has 2 N–H and O–H groups in total. The van der Waals surface area contributed by atoms with E-state index in [0.717, 1.165) is 12.1 Å². The summed E-state index contributed by atoms with van der Waals surface area (Å²) in [7, 11) is -3.94. The summed E-state index contributed by atoms with van der Waals surface area (Å²) in [4.78, 5) is 13.8. The molecule has 2 rings (SSSR count). The number of sulfonamides is 1. The lowest BCUT2D eigenvalue weighted by Crippen LogP contribution is -2.12. The van der Waals surface area contributed by atoms with Gasteiger partial charge in [0.05, 0.1) is 11.0 Å². The minimum atomic E-state index is -3.94. The lowest BCUT2D eigenvalue weighted by molar-refractivity contribution is -0.385. The molecule has 10 heteroatoms. The van der Waals surface area contributed by atoms with Crippen LogP contribution in [0.15, 0.2) is 29.4 Å². The van der Waals surface area contributed by atoms with Crippen LogP contribution in [0.4, 0.5) is 10.1 Å². The molecule has 0 bridgehead atoms. The molecule has 0 spiro atoms. The van der Waals surface area contributed by atoms with Gasteiger partial charge in [0, 0.05) is 18.8 Å². The largest absolute Gasteiger partial charge is 0.329 e. The first-order valence-electron chi connectivity index (χ1n) is 5.67. The number of nitrogens with two attached hydrogens (primary N) is 1. The van der Waals surface area contributed by atoms with Crippen molar-refractivity contribution in [2.45, 2.75) is 18.5 Å². The zero-order valence-corrected chi connectivity index (χ0v) is 11.7. The van der Waals surface area contributed by atoms with E-state index in [4.69, 9.17) is 5.14 Å². The molecule has 0 amide bonds. The van der Waals surface area contributed by atoms with Crippen LogP contribution in [0.1, 0.15) is 11.4 Å². The first-order chi connectivity index (χ1) is 9.66. The Morgan fingerprint density at radius 3 is 2.62 bits per heavy atom. The summed E-state index contributed by atoms with van der Waals surface area (Å²) >= 11 is 0. The molecule has 2 aromatic rings. The highest BCUT2D eigenvalue weighted by Gasteiger charge is 2.16. The lowest BCUT2D eigenvalue weighted by Gasteiger charge is -2.05. The Morgan fingerprint density at radius 2 is 2.10 bits per heavy atom. The summed E-state index contributed by atoms with van der Waals surface area (Å²) < 4.78 is 37.2. The molecule has 0 unspecified atom stereocenters. The number of aryl methyl sites for hydroxylation is 1. The summed E-state index contributed by atoms with van der Waals surface area (Å²) in [5.41, 5.74) is -0.0717. The normalized spacial score (nSPS) is 11.6. The first-order valence-corrected chi connectivity index (χ1v) is 7.22. The highest BCUT2D eigenvalue weighted by molar-refractivity contribution is 7.89. The maximum absolute atomic E-state index is 13.3. The van der Waals surface area contributed by atoms with Crippen molar-refractivity contribution in [3.8, 4) is 0 Å². The van der Waals surface area contributed by atoms with Crippen molar-refractivity contribution in [2.24, 2.45) is 5.14 Å². The van der Waals surface area contributed by atoms with Gasteiger partial charge in [-0.15, -0.1) is 0 Å². The third kappa shape index (κ3) is 3.41. The predicted octanol–water partition coefficient (Wildman–Crippen LogP) is 0.935. The molecule has 21 heavy (non-hydrogen) atoms. The fourth-order valence-corrected chi connectivity index (χ4v) is 2.34. The topological polar surface area (TPSA) is 121 Å². The number of hydrogen-bond acceptors (Lipinski definition) is 5. The molecule has 112 valence electrons. The van der Waals surface area contributed by atoms with Gasteiger partial charge in [-0.3, -0.25) is 10.1 Å². The molecule has 0 saturated carbocycles. The number of hydrogen-bond donors (Lipinski definition) is 1. The van der Waals surface area contributed by atoms with Gasteiger partial charge in [0.25, 0.3) is 15.7 Å². The minimum absolute atomic E-state index is 0.0347. The average Bonchev–Trinajstić information content (AvgIpc) is 2.70. The summed E-state index contributed by atoms with van der Waals surface area (Å²) in [5.74, 6) is -0.408. The van der Waals surface area contributed by atoms with E-state index >= 15 is 0 Å². The van der Waals surface area contributed by atoms with Crippen LogP contribution in [0.3, 0.4) is 0 Å². The van der Waals surface area contributed by atoms with Crippen molar-refractivity contribution in [2.75, 3.05) is 0 Å². The molecule has 0 aliphatic rings. The Balaban J connectivity index is 2.39. The zero-order chi connectivity index (χ0) is 15.8. The van der Waals surface area contributed by atoms with Gasteiger partial charge in [0.1, 0.15) is 11.6 Å². The number of primary sulfonamides is 1. The average molecular weight is 314 g/mol. The lowest BCUT2D eigenvalue weighted by atomic mass is 10.2. The number of halogens is 1. The van der Waals surface area contributed by atoms with Crippen molar-refractivity contribution in [1.82, 2.24) is 9.55 Å². The fraction of sp³-hybridized carbons (Fsp3) is 0.182. The van der Waals surface area contributed by atoms with Crippen LogP contribution in [-0.4, -0.2) is 22.9 Å². The smallest absolute Gasteiger partial charge is 0.272 e. The van der Waals surface area contributed by atoms with Crippen LogP contribution in [0, 0.1) is 22.9 Å². The van der Waals surface area contributed by atoms with E-state index in [1.165, 1.54) is 16.8 Å². The van der Waals surface area contributed by atoms with Crippen LogP contribution >= 0.6 is 0 Å². The van der Waals surface area contributed by atoms with E-state index in [0.29, 0.717) is 11.4 Å². The summed E-state index contributed by atoms with van der Waals surface area (Å²) in [6, 6.07) is 3.14. The van der Waals surface area contributed by atoms with Crippen molar-refractivity contribution in [3.05, 3.63) is 51.7 Å². The Labute approximate surface area is 119 Å². The zero-order valence-electron chi connectivity index (χ0n) is 10.9. The Hall–Kier alpha value is -2.33. The van der Waals surface area contributed by atoms with Gasteiger partial charge in [-0.25, -0.2) is 22.9 Å². The molecule has 8 nitrogen and oxygen atoms in total. The highest BCUT2D eigenvalue weighted by atomic mass is 32.2. The fourth-order valence-electron chi connectivity index (χ4n) is 1.80. The number of non-ortho nitro benzene ring substituents is 1. The maximum atomic E-state index is 13.3. The molecule has 0 radical (unpaired) electrons. The van der Waals surface area contributed by atoms with Crippen LogP contribution in [0.5, 0.6) is 0 Å². The van der Waals surface area contributed by atoms with Crippen molar-refractivity contribution in [1.29, 1.82) is 0 Å². The van der Waals surface area contributed by atoms with Crippen LogP contribution in [-0.2, 0) is 16.6 Å². The van der Waals surface area contributed by atoms with E-state index in [1.807, 2.05) is 0 Å². The van der Waals surface area contributed by atoms with Crippen molar-refractivity contribution >= 4 is 15.7 Å². The summed E-state index contributed by atoms with van der Waals surface area (Å²) in [6.45, 7) is 1.58. The van der Waals surface area contributed by atoms with E-state index < -0.39 is 20.8 Å². The highest BCUT2D eigenvalue weighted by Crippen LogP contribution is 2.18. The second kappa shape index (κ2) is 5.22. The standard InChI is InChI=1S/C11H11FN4O4S/c1-7-14-11(21(13,19)20)6-15(7)5-8-2-9(12)4-10(3-8)16(17)18/h2-4,6H,5H2,1H3,(H2,13,19,20).